The van der Waals surface area contributed by atoms with Gasteiger partial charge in [0.15, 0.2) is 0 Å². The Morgan fingerprint density at radius 2 is 1.42 bits per heavy atom. The Bertz CT molecular complexity index is 743. The summed E-state index contributed by atoms with van der Waals surface area (Å²) in [5, 5.41) is 5.64. The average Bonchev–Trinajstić information content (AvgIpc) is 2.46. The monoisotopic (exact) mass is 243 g/mol. The van der Waals surface area contributed by atoms with Crippen molar-refractivity contribution >= 4 is 30.0 Å². The molecule has 0 unspecified atom stereocenters. The lowest BCUT2D eigenvalue weighted by molar-refractivity contribution is 0.690. The molecule has 3 radical (unpaired) electrons. The second-order valence-corrected chi connectivity index (χ2v) is 5.29. The minimum absolute atomic E-state index is 0. The maximum atomic E-state index is 2.35. The van der Waals surface area contributed by atoms with E-state index in [1.807, 2.05) is 0 Å². The molecule has 0 amide bonds. The molecule has 19 heavy (non-hydrogen) atoms. The van der Waals surface area contributed by atoms with Gasteiger partial charge >= 0.3 is 0 Å². The van der Waals surface area contributed by atoms with E-state index in [0.29, 0.717) is 0 Å². The normalized spacial score (nSPS) is 14.1. The quantitative estimate of drug-likeness (QED) is 0.403. The molecule has 91 valence electrons. The van der Waals surface area contributed by atoms with E-state index in [1.54, 1.807) is 11.1 Å². The maximum Gasteiger partial charge on any atom is 0 e. The molecule has 0 saturated heterocycles. The fourth-order valence-corrected chi connectivity index (χ4v) is 3.34. The summed E-state index contributed by atoms with van der Waals surface area (Å²) < 4.78 is 0. The lowest BCUT2D eigenvalue weighted by Gasteiger charge is -2.18. The summed E-state index contributed by atoms with van der Waals surface area (Å²) in [6.45, 7) is 0. The van der Waals surface area contributed by atoms with Crippen LogP contribution in [0.1, 0.15) is 24.0 Å². The van der Waals surface area contributed by atoms with E-state index in [-0.39, 0.29) is 8.41 Å². The fraction of sp³-hybridized carbons (Fsp3) is 0.222. The van der Waals surface area contributed by atoms with Crippen molar-refractivity contribution in [1.29, 1.82) is 0 Å². The van der Waals surface area contributed by atoms with Crippen molar-refractivity contribution < 1.29 is 0 Å². The third-order valence-electron chi connectivity index (χ3n) is 4.26. The number of hydrogen-bond donors (Lipinski definition) is 0. The van der Waals surface area contributed by atoms with Gasteiger partial charge in [0.2, 0.25) is 0 Å². The van der Waals surface area contributed by atoms with Crippen LogP contribution in [0.2, 0.25) is 0 Å². The molecule has 0 spiro atoms. The summed E-state index contributed by atoms with van der Waals surface area (Å²) in [7, 11) is 0. The van der Waals surface area contributed by atoms with Gasteiger partial charge in [-0.15, -0.1) is 0 Å². The standard InChI is InChI=1S/C18H16.B/c1-3-7-15-13(5-1)9-11-18-16-8-4-2-6-14(16)10-12-17(15)18;/h1,3,5,7,9-12H,2,4,6,8H2;. The number of fused-ring (bicyclic) bond motifs is 5. The molecular weight excluding hydrogens is 227 g/mol. The van der Waals surface area contributed by atoms with E-state index in [0.717, 1.165) is 0 Å². The maximum absolute atomic E-state index is 2.35. The van der Waals surface area contributed by atoms with E-state index in [9.17, 15) is 0 Å². The minimum atomic E-state index is 0. The molecule has 0 nitrogen and oxygen atoms in total. The Kier molecular flexibility index (Phi) is 3.06. The molecule has 0 fully saturated rings. The molecule has 0 heterocycles. The molecule has 0 N–H and O–H groups in total. The van der Waals surface area contributed by atoms with Crippen LogP contribution < -0.4 is 0 Å². The lowest BCUT2D eigenvalue weighted by Crippen LogP contribution is -2.02. The second-order valence-electron chi connectivity index (χ2n) is 5.29. The zero-order valence-corrected chi connectivity index (χ0v) is 11.0. The summed E-state index contributed by atoms with van der Waals surface area (Å²) >= 11 is 0. The van der Waals surface area contributed by atoms with Crippen LogP contribution >= 0.6 is 0 Å². The van der Waals surface area contributed by atoms with Gasteiger partial charge < -0.3 is 0 Å². The van der Waals surface area contributed by atoms with Gasteiger partial charge in [-0.1, -0.05) is 48.5 Å². The first-order chi connectivity index (χ1) is 8.93. The van der Waals surface area contributed by atoms with Gasteiger partial charge in [0, 0.05) is 8.41 Å². The predicted octanol–water partition coefficient (Wildman–Crippen LogP) is 4.49. The van der Waals surface area contributed by atoms with Crippen LogP contribution in [0.15, 0.2) is 48.5 Å². The van der Waals surface area contributed by atoms with E-state index in [1.165, 1.54) is 47.2 Å². The number of aryl methyl sites for hydroxylation is 2. The minimum Gasteiger partial charge on any atom is -0.0616 e. The molecule has 0 atom stereocenters. The van der Waals surface area contributed by atoms with Gasteiger partial charge in [-0.05, 0) is 58.4 Å². The SMILES string of the molecule is [B].c1ccc2c(c1)ccc1c3c(ccc12)CCCC3. The van der Waals surface area contributed by atoms with Crippen molar-refractivity contribution in [2.24, 2.45) is 0 Å². The highest BCUT2D eigenvalue weighted by molar-refractivity contribution is 6.08. The van der Waals surface area contributed by atoms with Crippen molar-refractivity contribution in [2.45, 2.75) is 25.7 Å². The van der Waals surface area contributed by atoms with Crippen LogP contribution in [0, 0.1) is 0 Å². The van der Waals surface area contributed by atoms with Crippen LogP contribution in [0.25, 0.3) is 21.5 Å². The molecule has 0 aromatic heterocycles. The molecular formula is C18H16B. The van der Waals surface area contributed by atoms with Crippen molar-refractivity contribution in [3.63, 3.8) is 0 Å². The van der Waals surface area contributed by atoms with Crippen LogP contribution in [0.5, 0.6) is 0 Å². The number of hydrogen-bond acceptors (Lipinski definition) is 0. The molecule has 0 aliphatic heterocycles. The predicted molar refractivity (Wildman–Crippen MR) is 83.9 cm³/mol. The zero-order chi connectivity index (χ0) is 11.9. The van der Waals surface area contributed by atoms with Gasteiger partial charge in [-0.25, -0.2) is 0 Å². The Labute approximate surface area is 116 Å². The molecule has 4 rings (SSSR count). The Hall–Kier alpha value is -1.76. The number of benzene rings is 3. The van der Waals surface area contributed by atoms with Crippen LogP contribution in [0.3, 0.4) is 0 Å². The van der Waals surface area contributed by atoms with E-state index >= 15 is 0 Å². The summed E-state index contributed by atoms with van der Waals surface area (Å²) in [6, 6.07) is 18.0. The largest absolute Gasteiger partial charge is 0.0616 e. The van der Waals surface area contributed by atoms with E-state index in [2.05, 4.69) is 48.5 Å². The summed E-state index contributed by atoms with van der Waals surface area (Å²) in [6.07, 6.45) is 5.22. The Morgan fingerprint density at radius 1 is 0.632 bits per heavy atom. The van der Waals surface area contributed by atoms with Gasteiger partial charge in [-0.3, -0.25) is 0 Å². The average molecular weight is 243 g/mol. The zero-order valence-electron chi connectivity index (χ0n) is 11.0. The van der Waals surface area contributed by atoms with Crippen LogP contribution in [0.4, 0.5) is 0 Å². The van der Waals surface area contributed by atoms with E-state index in [4.69, 9.17) is 0 Å². The van der Waals surface area contributed by atoms with Crippen LogP contribution in [-0.4, -0.2) is 8.41 Å². The highest BCUT2D eigenvalue weighted by Crippen LogP contribution is 2.32. The Morgan fingerprint density at radius 3 is 2.37 bits per heavy atom. The molecule has 3 aromatic rings. The fourth-order valence-electron chi connectivity index (χ4n) is 3.34. The molecule has 0 bridgehead atoms. The molecule has 1 aliphatic carbocycles. The highest BCUT2D eigenvalue weighted by atomic mass is 14.2. The summed E-state index contributed by atoms with van der Waals surface area (Å²) in [5.74, 6) is 0. The smallest absolute Gasteiger partial charge is 0 e. The first-order valence-electron chi connectivity index (χ1n) is 6.86. The third kappa shape index (κ3) is 1.85. The third-order valence-corrected chi connectivity index (χ3v) is 4.26. The topological polar surface area (TPSA) is 0 Å². The first-order valence-corrected chi connectivity index (χ1v) is 6.86. The molecule has 1 heteroatoms. The Balaban J connectivity index is 0.00000110. The second kappa shape index (κ2) is 4.73. The first kappa shape index (κ1) is 12.3. The summed E-state index contributed by atoms with van der Waals surface area (Å²) in [4.78, 5) is 0. The van der Waals surface area contributed by atoms with Crippen molar-refractivity contribution in [3.8, 4) is 0 Å². The van der Waals surface area contributed by atoms with Crippen molar-refractivity contribution in [1.82, 2.24) is 0 Å². The van der Waals surface area contributed by atoms with Gasteiger partial charge in [0.05, 0.1) is 0 Å². The van der Waals surface area contributed by atoms with Gasteiger partial charge in [0.1, 0.15) is 0 Å². The molecule has 0 saturated carbocycles. The van der Waals surface area contributed by atoms with Gasteiger partial charge in [-0.2, -0.15) is 0 Å². The number of rotatable bonds is 0. The van der Waals surface area contributed by atoms with Gasteiger partial charge in [0.25, 0.3) is 0 Å². The highest BCUT2D eigenvalue weighted by Gasteiger charge is 2.12. The molecule has 3 aromatic carbocycles. The lowest BCUT2D eigenvalue weighted by atomic mass is 9.86. The molecule has 1 aliphatic rings. The van der Waals surface area contributed by atoms with E-state index < -0.39 is 0 Å². The van der Waals surface area contributed by atoms with Crippen molar-refractivity contribution in [2.75, 3.05) is 0 Å². The van der Waals surface area contributed by atoms with Crippen molar-refractivity contribution in [3.05, 3.63) is 59.7 Å². The van der Waals surface area contributed by atoms with Crippen LogP contribution in [-0.2, 0) is 12.8 Å². The summed E-state index contributed by atoms with van der Waals surface area (Å²) in [5.41, 5.74) is 3.17.